The predicted octanol–water partition coefficient (Wildman–Crippen LogP) is 12.8. The molecule has 0 aromatic rings. The molecule has 0 fully saturated rings. The maximum absolute atomic E-state index is 11.3. The van der Waals surface area contributed by atoms with Gasteiger partial charge in [-0.15, -0.1) is 0 Å². The van der Waals surface area contributed by atoms with Crippen LogP contribution >= 0.6 is 0 Å². The lowest BCUT2D eigenvalue weighted by atomic mass is 10.0. The second-order valence-electron chi connectivity index (χ2n) is 20.2. The Morgan fingerprint density at radius 2 is 0.492 bits per heavy atom. The lowest BCUT2D eigenvalue weighted by Gasteiger charge is -2.32. The fraction of sp³-hybridized carbons (Fsp3) is 1.00. The largest absolute Gasteiger partial charge is 0.392 e. The van der Waals surface area contributed by atoms with E-state index in [2.05, 4.69) is 42.4 Å². The van der Waals surface area contributed by atoms with E-state index in [4.69, 9.17) is 5.73 Å². The molecule has 0 rings (SSSR count). The second kappa shape index (κ2) is 49.6. The zero-order valence-electron chi connectivity index (χ0n) is 43.3. The number of aliphatic hydroxyl groups is 4. The zero-order valence-corrected chi connectivity index (χ0v) is 43.3. The Morgan fingerprint density at radius 1 is 0.270 bits per heavy atom. The van der Waals surface area contributed by atoms with Gasteiger partial charge in [-0.1, -0.05) is 233 Å². The van der Waals surface area contributed by atoms with Gasteiger partial charge in [-0.25, -0.2) is 0 Å². The quantitative estimate of drug-likeness (QED) is 0.0383. The van der Waals surface area contributed by atoms with E-state index in [0.717, 1.165) is 90.5 Å². The molecule has 0 heterocycles. The third-order valence-corrected chi connectivity index (χ3v) is 13.6. The van der Waals surface area contributed by atoms with E-state index in [1.165, 1.54) is 180 Å². The summed E-state index contributed by atoms with van der Waals surface area (Å²) < 4.78 is 0. The van der Waals surface area contributed by atoms with Crippen molar-refractivity contribution in [1.82, 2.24) is 14.7 Å². The van der Waals surface area contributed by atoms with E-state index >= 15 is 0 Å². The highest BCUT2D eigenvalue weighted by atomic mass is 16.3. The molecule has 0 aliphatic carbocycles. The standard InChI is InChI=1S/C55H116N4O4/c1-5-9-13-17-21-25-29-33-38-52(60)48-57(45-42-56)43-37-44-58(49-53(61)39-34-30-26-22-18-14-10-6-2)46-47-59(50-54(62)40-35-31-27-23-19-15-11-7-3)51-55(63)41-36-32-28-24-20-16-12-8-4/h52-55,60-63H,5-51,56H2,1-4H3. The highest BCUT2D eigenvalue weighted by molar-refractivity contribution is 4.75. The Hall–Kier alpha value is -0.320. The number of nitrogens with two attached hydrogens (primary N) is 1. The van der Waals surface area contributed by atoms with Gasteiger partial charge in [0.25, 0.3) is 0 Å². The van der Waals surface area contributed by atoms with Gasteiger partial charge in [0.1, 0.15) is 0 Å². The molecule has 0 bridgehead atoms. The number of hydrogen-bond acceptors (Lipinski definition) is 8. The van der Waals surface area contributed by atoms with Crippen LogP contribution in [0, 0.1) is 0 Å². The molecule has 0 aliphatic rings. The van der Waals surface area contributed by atoms with Gasteiger partial charge in [-0.3, -0.25) is 14.7 Å². The van der Waals surface area contributed by atoms with E-state index < -0.39 is 0 Å². The van der Waals surface area contributed by atoms with Crippen LogP contribution in [0.2, 0.25) is 0 Å². The van der Waals surface area contributed by atoms with Crippen LogP contribution in [-0.2, 0) is 0 Å². The minimum absolute atomic E-state index is 0.316. The lowest BCUT2D eigenvalue weighted by molar-refractivity contribution is 0.0470. The molecule has 0 aliphatic heterocycles. The van der Waals surface area contributed by atoms with Crippen LogP contribution in [0.4, 0.5) is 0 Å². The van der Waals surface area contributed by atoms with Crippen molar-refractivity contribution in [2.24, 2.45) is 5.73 Å². The Balaban J connectivity index is 5.44. The van der Waals surface area contributed by atoms with E-state index in [1.807, 2.05) is 0 Å². The normalized spacial score (nSPS) is 14.1. The third kappa shape index (κ3) is 45.2. The molecule has 4 atom stereocenters. The monoisotopic (exact) mass is 897 g/mol. The summed E-state index contributed by atoms with van der Waals surface area (Å²) >= 11 is 0. The number of nitrogens with zero attached hydrogens (tertiary/aromatic N) is 3. The van der Waals surface area contributed by atoms with Crippen molar-refractivity contribution in [3.63, 3.8) is 0 Å². The molecule has 0 spiro atoms. The second-order valence-corrected chi connectivity index (χ2v) is 20.2. The van der Waals surface area contributed by atoms with Gasteiger partial charge in [0.2, 0.25) is 0 Å². The van der Waals surface area contributed by atoms with Crippen LogP contribution < -0.4 is 5.73 Å². The van der Waals surface area contributed by atoms with Gasteiger partial charge in [0.15, 0.2) is 0 Å². The summed E-state index contributed by atoms with van der Waals surface area (Å²) in [6.45, 7) is 16.3. The molecular weight excluding hydrogens is 781 g/mol. The molecule has 0 aromatic heterocycles. The molecule has 0 aromatic carbocycles. The lowest BCUT2D eigenvalue weighted by Crippen LogP contribution is -2.45. The van der Waals surface area contributed by atoms with E-state index in [-0.39, 0.29) is 24.4 Å². The van der Waals surface area contributed by atoms with Gasteiger partial charge < -0.3 is 26.2 Å². The first-order chi connectivity index (χ1) is 30.8. The summed E-state index contributed by atoms with van der Waals surface area (Å²) in [5, 5.41) is 44.9. The van der Waals surface area contributed by atoms with Crippen molar-refractivity contribution in [2.75, 3.05) is 65.4 Å². The molecule has 380 valence electrons. The molecule has 6 N–H and O–H groups in total. The molecule has 0 radical (unpaired) electrons. The molecule has 8 nitrogen and oxygen atoms in total. The van der Waals surface area contributed by atoms with E-state index in [9.17, 15) is 20.4 Å². The highest BCUT2D eigenvalue weighted by Gasteiger charge is 2.20. The minimum Gasteiger partial charge on any atom is -0.392 e. The maximum atomic E-state index is 11.3. The summed E-state index contributed by atoms with van der Waals surface area (Å²) in [7, 11) is 0. The SMILES string of the molecule is CCCCCCCCCCC(O)CN(CCN)CCCN(CCN(CC(O)CCCCCCCCCC)CC(O)CCCCCCCCCC)CC(O)CCCCCCCCCC. The van der Waals surface area contributed by atoms with Crippen molar-refractivity contribution < 1.29 is 20.4 Å². The fourth-order valence-corrected chi connectivity index (χ4v) is 9.44. The van der Waals surface area contributed by atoms with Crippen molar-refractivity contribution in [1.29, 1.82) is 0 Å². The van der Waals surface area contributed by atoms with Gasteiger partial charge in [0.05, 0.1) is 24.4 Å². The Morgan fingerprint density at radius 3 is 0.762 bits per heavy atom. The van der Waals surface area contributed by atoms with Crippen LogP contribution in [0.1, 0.15) is 265 Å². The molecular formula is C55H116N4O4. The Labute approximate surface area is 394 Å². The summed E-state index contributed by atoms with van der Waals surface area (Å²) in [6, 6.07) is 0. The molecule has 0 saturated carbocycles. The van der Waals surface area contributed by atoms with Crippen LogP contribution in [0.5, 0.6) is 0 Å². The summed E-state index contributed by atoms with van der Waals surface area (Å²) in [5.41, 5.74) is 6.07. The van der Waals surface area contributed by atoms with Crippen LogP contribution in [0.3, 0.4) is 0 Å². The van der Waals surface area contributed by atoms with Crippen molar-refractivity contribution in [2.45, 2.75) is 290 Å². The van der Waals surface area contributed by atoms with Gasteiger partial charge in [0, 0.05) is 52.4 Å². The number of unbranched alkanes of at least 4 members (excludes halogenated alkanes) is 28. The summed E-state index contributed by atoms with van der Waals surface area (Å²) in [4.78, 5) is 7.11. The topological polar surface area (TPSA) is 117 Å². The molecule has 0 amide bonds. The fourth-order valence-electron chi connectivity index (χ4n) is 9.44. The Bertz CT molecular complexity index is 842. The first kappa shape index (κ1) is 62.7. The molecule has 8 heteroatoms. The predicted molar refractivity (Wildman–Crippen MR) is 276 cm³/mol. The number of rotatable bonds is 53. The molecule has 0 saturated heterocycles. The minimum atomic E-state index is -0.386. The molecule has 4 unspecified atom stereocenters. The van der Waals surface area contributed by atoms with Crippen molar-refractivity contribution >= 4 is 0 Å². The van der Waals surface area contributed by atoms with E-state index in [1.54, 1.807) is 0 Å². The average molecular weight is 898 g/mol. The molecule has 63 heavy (non-hydrogen) atoms. The first-order valence-electron chi connectivity index (χ1n) is 28.4. The number of aliphatic hydroxyl groups excluding tert-OH is 4. The average Bonchev–Trinajstić information content (AvgIpc) is 3.26. The van der Waals surface area contributed by atoms with Crippen LogP contribution in [0.25, 0.3) is 0 Å². The third-order valence-electron chi connectivity index (χ3n) is 13.6. The number of hydrogen-bond donors (Lipinski definition) is 5. The zero-order chi connectivity index (χ0) is 46.3. The van der Waals surface area contributed by atoms with Gasteiger partial charge >= 0.3 is 0 Å². The van der Waals surface area contributed by atoms with Crippen molar-refractivity contribution in [3.8, 4) is 0 Å². The van der Waals surface area contributed by atoms with E-state index in [0.29, 0.717) is 32.7 Å². The maximum Gasteiger partial charge on any atom is 0.0667 e. The van der Waals surface area contributed by atoms with Gasteiger partial charge in [-0.05, 0) is 45.2 Å². The smallest absolute Gasteiger partial charge is 0.0667 e. The first-order valence-corrected chi connectivity index (χ1v) is 28.4. The Kier molecular flexibility index (Phi) is 49.3. The van der Waals surface area contributed by atoms with Crippen molar-refractivity contribution in [3.05, 3.63) is 0 Å². The highest BCUT2D eigenvalue weighted by Crippen LogP contribution is 2.16. The summed E-state index contributed by atoms with van der Waals surface area (Å²) in [5.74, 6) is 0. The van der Waals surface area contributed by atoms with Crippen LogP contribution in [-0.4, -0.2) is 125 Å². The van der Waals surface area contributed by atoms with Crippen LogP contribution in [0.15, 0.2) is 0 Å². The van der Waals surface area contributed by atoms with Gasteiger partial charge in [-0.2, -0.15) is 0 Å². The summed E-state index contributed by atoms with van der Waals surface area (Å²) in [6.07, 6.45) is 43.4.